The van der Waals surface area contributed by atoms with Gasteiger partial charge in [-0.3, -0.25) is 4.98 Å². The summed E-state index contributed by atoms with van der Waals surface area (Å²) in [5, 5.41) is 10.2. The molecule has 0 saturated heterocycles. The van der Waals surface area contributed by atoms with E-state index >= 15 is 0 Å². The van der Waals surface area contributed by atoms with Gasteiger partial charge in [-0.15, -0.1) is 0 Å². The first-order valence-corrected chi connectivity index (χ1v) is 12.7. The van der Waals surface area contributed by atoms with Crippen LogP contribution >= 0.6 is 0 Å². The van der Waals surface area contributed by atoms with Crippen LogP contribution in [0.2, 0.25) is 0 Å². The number of aliphatic hydroxyl groups is 1. The van der Waals surface area contributed by atoms with E-state index in [-0.39, 0.29) is 6.10 Å². The molecule has 1 N–H and O–H groups in total. The molecule has 8 unspecified atom stereocenters. The van der Waals surface area contributed by atoms with Crippen molar-refractivity contribution in [1.29, 1.82) is 0 Å². The van der Waals surface area contributed by atoms with Crippen molar-refractivity contribution < 1.29 is 5.11 Å². The molecule has 0 aliphatic heterocycles. The molecule has 0 spiro atoms. The molecule has 30 heavy (non-hydrogen) atoms. The van der Waals surface area contributed by atoms with E-state index in [4.69, 9.17) is 0 Å². The Morgan fingerprint density at radius 3 is 2.80 bits per heavy atom. The maximum absolute atomic E-state index is 10.2. The number of rotatable bonds is 4. The van der Waals surface area contributed by atoms with Crippen molar-refractivity contribution in [3.63, 3.8) is 0 Å². The van der Waals surface area contributed by atoms with Crippen LogP contribution in [0, 0.1) is 40.4 Å². The molecular formula is C28H41NO. The lowest BCUT2D eigenvalue weighted by molar-refractivity contribution is -0.0571. The fourth-order valence-corrected chi connectivity index (χ4v) is 8.76. The van der Waals surface area contributed by atoms with Gasteiger partial charge in [-0.25, -0.2) is 0 Å². The average molecular weight is 408 g/mol. The third kappa shape index (κ3) is 3.29. The fraction of sp³-hybridized carbons (Fsp3) is 0.750. The first-order chi connectivity index (χ1) is 14.4. The first kappa shape index (κ1) is 20.7. The molecular weight excluding hydrogens is 366 g/mol. The highest BCUT2D eigenvalue weighted by atomic mass is 16.3. The van der Waals surface area contributed by atoms with Crippen molar-refractivity contribution >= 4 is 0 Å². The summed E-state index contributed by atoms with van der Waals surface area (Å²) in [6, 6.07) is 4.31. The van der Waals surface area contributed by atoms with E-state index in [0.29, 0.717) is 10.8 Å². The third-order valence-corrected chi connectivity index (χ3v) is 10.4. The van der Waals surface area contributed by atoms with Crippen LogP contribution in [0.25, 0.3) is 0 Å². The summed E-state index contributed by atoms with van der Waals surface area (Å²) >= 11 is 0. The molecule has 1 aromatic rings. The lowest BCUT2D eigenvalue weighted by Crippen LogP contribution is -2.50. The van der Waals surface area contributed by atoms with Crippen LogP contribution in [0.3, 0.4) is 0 Å². The van der Waals surface area contributed by atoms with E-state index < -0.39 is 0 Å². The van der Waals surface area contributed by atoms with Gasteiger partial charge in [0.2, 0.25) is 0 Å². The molecule has 4 aliphatic rings. The van der Waals surface area contributed by atoms with Crippen LogP contribution < -0.4 is 0 Å². The first-order valence-electron chi connectivity index (χ1n) is 12.7. The predicted molar refractivity (Wildman–Crippen MR) is 123 cm³/mol. The van der Waals surface area contributed by atoms with E-state index in [2.05, 4.69) is 44.0 Å². The largest absolute Gasteiger partial charge is 0.393 e. The van der Waals surface area contributed by atoms with Gasteiger partial charge in [-0.1, -0.05) is 38.5 Å². The van der Waals surface area contributed by atoms with Gasteiger partial charge in [0.25, 0.3) is 0 Å². The Hall–Kier alpha value is -1.15. The summed E-state index contributed by atoms with van der Waals surface area (Å²) in [5.41, 5.74) is 3.90. The number of fused-ring (bicyclic) bond motifs is 5. The summed E-state index contributed by atoms with van der Waals surface area (Å²) in [6.45, 7) is 7.74. The standard InChI is InChI=1S/C28H41NO/c1-19(6-7-20-5-4-16-29-18-20)24-10-11-25-23-9-8-21-17-22(30)12-14-27(21,2)26(23)13-15-28(24,25)3/h4-5,8,16,18-19,22-26,30H,6-7,9-15,17H2,1-3H3. The van der Waals surface area contributed by atoms with E-state index in [1.54, 1.807) is 5.57 Å². The Morgan fingerprint density at radius 1 is 1.13 bits per heavy atom. The Morgan fingerprint density at radius 2 is 2.00 bits per heavy atom. The topological polar surface area (TPSA) is 33.1 Å². The van der Waals surface area contributed by atoms with Gasteiger partial charge in [0.05, 0.1) is 6.10 Å². The van der Waals surface area contributed by atoms with E-state index in [1.807, 2.05) is 12.4 Å². The van der Waals surface area contributed by atoms with Crippen LogP contribution in [0.15, 0.2) is 36.2 Å². The molecule has 5 rings (SSSR count). The second kappa shape index (κ2) is 7.76. The van der Waals surface area contributed by atoms with Crippen molar-refractivity contribution in [2.45, 2.75) is 91.1 Å². The molecule has 3 saturated carbocycles. The van der Waals surface area contributed by atoms with Crippen LogP contribution in [-0.2, 0) is 6.42 Å². The predicted octanol–water partition coefficient (Wildman–Crippen LogP) is 6.59. The van der Waals surface area contributed by atoms with Gasteiger partial charge < -0.3 is 5.11 Å². The number of hydrogen-bond acceptors (Lipinski definition) is 2. The van der Waals surface area contributed by atoms with E-state index in [0.717, 1.165) is 42.4 Å². The van der Waals surface area contributed by atoms with Crippen molar-refractivity contribution in [1.82, 2.24) is 4.98 Å². The molecule has 0 radical (unpaired) electrons. The second-order valence-corrected chi connectivity index (χ2v) is 11.8. The van der Waals surface area contributed by atoms with Crippen LogP contribution in [0.4, 0.5) is 0 Å². The normalized spacial score (nSPS) is 43.9. The zero-order valence-corrected chi connectivity index (χ0v) is 19.3. The van der Waals surface area contributed by atoms with Crippen LogP contribution in [0.5, 0.6) is 0 Å². The number of aromatic nitrogens is 1. The molecule has 4 aliphatic carbocycles. The number of aryl methyl sites for hydroxylation is 1. The number of allylic oxidation sites excluding steroid dienone is 1. The summed E-state index contributed by atoms with van der Waals surface area (Å²) in [7, 11) is 0. The number of aliphatic hydroxyl groups excluding tert-OH is 1. The highest BCUT2D eigenvalue weighted by molar-refractivity contribution is 5.25. The Bertz CT molecular complexity index is 787. The van der Waals surface area contributed by atoms with Crippen LogP contribution in [-0.4, -0.2) is 16.2 Å². The Kier molecular flexibility index (Phi) is 5.37. The van der Waals surface area contributed by atoms with Gasteiger partial charge in [0.15, 0.2) is 0 Å². The Labute approximate surface area is 183 Å². The minimum atomic E-state index is -0.0914. The minimum Gasteiger partial charge on any atom is -0.393 e. The quantitative estimate of drug-likeness (QED) is 0.571. The summed E-state index contributed by atoms with van der Waals surface area (Å²) in [6.07, 6.45) is 19.0. The molecule has 164 valence electrons. The minimum absolute atomic E-state index is 0.0914. The maximum atomic E-state index is 10.2. The molecule has 0 amide bonds. The molecule has 2 heteroatoms. The molecule has 0 aromatic carbocycles. The highest BCUT2D eigenvalue weighted by Crippen LogP contribution is 2.67. The third-order valence-electron chi connectivity index (χ3n) is 10.4. The lowest BCUT2D eigenvalue weighted by Gasteiger charge is -2.58. The fourth-order valence-electron chi connectivity index (χ4n) is 8.76. The smallest absolute Gasteiger partial charge is 0.0577 e. The van der Waals surface area contributed by atoms with Crippen molar-refractivity contribution in [3.05, 3.63) is 41.7 Å². The number of pyridine rings is 1. The van der Waals surface area contributed by atoms with Gasteiger partial charge in [-0.05, 0) is 116 Å². The highest BCUT2D eigenvalue weighted by Gasteiger charge is 2.59. The summed E-state index contributed by atoms with van der Waals surface area (Å²) < 4.78 is 0. The van der Waals surface area contributed by atoms with Gasteiger partial charge in [-0.2, -0.15) is 0 Å². The van der Waals surface area contributed by atoms with Crippen molar-refractivity contribution in [2.75, 3.05) is 0 Å². The molecule has 3 fully saturated rings. The van der Waals surface area contributed by atoms with Gasteiger partial charge in [0, 0.05) is 12.4 Å². The maximum Gasteiger partial charge on any atom is 0.0577 e. The number of nitrogens with zero attached hydrogens (tertiary/aromatic N) is 1. The van der Waals surface area contributed by atoms with E-state index in [1.165, 1.54) is 56.9 Å². The monoisotopic (exact) mass is 407 g/mol. The lowest BCUT2D eigenvalue weighted by atomic mass is 9.47. The zero-order valence-electron chi connectivity index (χ0n) is 19.3. The summed E-state index contributed by atoms with van der Waals surface area (Å²) in [4.78, 5) is 4.31. The van der Waals surface area contributed by atoms with Gasteiger partial charge in [0.1, 0.15) is 0 Å². The second-order valence-electron chi connectivity index (χ2n) is 11.8. The Balaban J connectivity index is 1.31. The van der Waals surface area contributed by atoms with Gasteiger partial charge >= 0.3 is 0 Å². The molecule has 0 bridgehead atoms. The average Bonchev–Trinajstić information content (AvgIpc) is 3.10. The SMILES string of the molecule is CC(CCc1cccnc1)C1CCC2C3CC=C4CC(O)CCC4(C)C3CCC12C. The zero-order chi connectivity index (χ0) is 20.9. The van der Waals surface area contributed by atoms with Crippen molar-refractivity contribution in [2.24, 2.45) is 40.4 Å². The van der Waals surface area contributed by atoms with E-state index in [9.17, 15) is 5.11 Å². The molecule has 1 aromatic heterocycles. The summed E-state index contributed by atoms with van der Waals surface area (Å²) in [5.74, 6) is 4.32. The molecule has 8 atom stereocenters. The number of hydrogen-bond donors (Lipinski definition) is 1. The molecule has 1 heterocycles. The molecule has 2 nitrogen and oxygen atoms in total. The van der Waals surface area contributed by atoms with Crippen molar-refractivity contribution in [3.8, 4) is 0 Å². The van der Waals surface area contributed by atoms with Crippen LogP contribution in [0.1, 0.15) is 84.1 Å².